The smallest absolute Gasteiger partial charge is 0.0834 e. The van der Waals surface area contributed by atoms with Crippen LogP contribution in [-0.4, -0.2) is 20.8 Å². The summed E-state index contributed by atoms with van der Waals surface area (Å²) >= 11 is 0. The van der Waals surface area contributed by atoms with Crippen molar-refractivity contribution in [1.29, 1.82) is 0 Å². The van der Waals surface area contributed by atoms with Crippen molar-refractivity contribution in [3.05, 3.63) is 46.5 Å². The molecule has 2 heterocycles. The first-order valence-electron chi connectivity index (χ1n) is 6.68. The second-order valence-corrected chi connectivity index (χ2v) is 5.26. The van der Waals surface area contributed by atoms with Gasteiger partial charge >= 0.3 is 0 Å². The maximum Gasteiger partial charge on any atom is 0.0834 e. The summed E-state index contributed by atoms with van der Waals surface area (Å²) in [5.41, 5.74) is 11.5. The van der Waals surface area contributed by atoms with E-state index in [9.17, 15) is 0 Å². The van der Waals surface area contributed by atoms with Crippen LogP contribution < -0.4 is 5.73 Å². The Bertz CT molecular complexity index is 570. The molecule has 0 amide bonds. The molecule has 0 saturated heterocycles. The van der Waals surface area contributed by atoms with Crippen molar-refractivity contribution in [1.82, 2.24) is 14.8 Å². The molecule has 2 aromatic rings. The first-order chi connectivity index (χ1) is 8.97. The molecule has 2 aromatic heterocycles. The molecule has 0 aliphatic rings. The van der Waals surface area contributed by atoms with Crippen LogP contribution >= 0.6 is 0 Å². The van der Waals surface area contributed by atoms with Gasteiger partial charge in [-0.3, -0.25) is 9.67 Å². The summed E-state index contributed by atoms with van der Waals surface area (Å²) in [5.74, 6) is 0. The van der Waals surface area contributed by atoms with Gasteiger partial charge in [0.2, 0.25) is 0 Å². The minimum absolute atomic E-state index is 0.159. The lowest BCUT2D eigenvalue weighted by molar-refractivity contribution is 0.643. The summed E-state index contributed by atoms with van der Waals surface area (Å²) in [6, 6.07) is 6.24. The van der Waals surface area contributed by atoms with Crippen LogP contribution in [0.1, 0.15) is 35.3 Å². The SMILES string of the molecule is Cc1cccc(Cn2nc(C)c(CC(C)N)c2C)n1. The molecule has 0 aliphatic heterocycles. The van der Waals surface area contributed by atoms with Crippen molar-refractivity contribution in [2.45, 2.75) is 46.7 Å². The summed E-state index contributed by atoms with van der Waals surface area (Å²) in [7, 11) is 0. The van der Waals surface area contributed by atoms with Crippen molar-refractivity contribution in [2.24, 2.45) is 5.73 Å². The molecule has 102 valence electrons. The first kappa shape index (κ1) is 13.7. The fraction of sp³-hybridized carbons (Fsp3) is 0.467. The van der Waals surface area contributed by atoms with Gasteiger partial charge in [0.15, 0.2) is 0 Å². The van der Waals surface area contributed by atoms with E-state index in [0.717, 1.165) is 23.5 Å². The lowest BCUT2D eigenvalue weighted by atomic mass is 10.1. The fourth-order valence-electron chi connectivity index (χ4n) is 2.35. The molecule has 0 spiro atoms. The summed E-state index contributed by atoms with van der Waals surface area (Å²) in [4.78, 5) is 4.52. The van der Waals surface area contributed by atoms with Crippen LogP contribution in [0.4, 0.5) is 0 Å². The molecule has 4 heteroatoms. The molecule has 1 atom stereocenters. The second kappa shape index (κ2) is 5.53. The van der Waals surface area contributed by atoms with Crippen LogP contribution in [0.3, 0.4) is 0 Å². The lowest BCUT2D eigenvalue weighted by Crippen LogP contribution is -2.18. The third-order valence-electron chi connectivity index (χ3n) is 3.32. The van der Waals surface area contributed by atoms with Gasteiger partial charge in [-0.1, -0.05) is 6.07 Å². The topological polar surface area (TPSA) is 56.7 Å². The van der Waals surface area contributed by atoms with Crippen LogP contribution in [-0.2, 0) is 13.0 Å². The molecule has 4 nitrogen and oxygen atoms in total. The Kier molecular flexibility index (Phi) is 4.00. The van der Waals surface area contributed by atoms with E-state index >= 15 is 0 Å². The Hall–Kier alpha value is -1.68. The molecule has 0 bridgehead atoms. The second-order valence-electron chi connectivity index (χ2n) is 5.26. The molecular formula is C15H22N4. The molecule has 0 aliphatic carbocycles. The van der Waals surface area contributed by atoms with Crippen molar-refractivity contribution in [2.75, 3.05) is 0 Å². The Morgan fingerprint density at radius 3 is 2.63 bits per heavy atom. The van der Waals surface area contributed by atoms with E-state index in [2.05, 4.69) is 17.0 Å². The number of pyridine rings is 1. The molecule has 2 rings (SSSR count). The predicted octanol–water partition coefficient (Wildman–Crippen LogP) is 2.14. The van der Waals surface area contributed by atoms with E-state index in [1.165, 1.54) is 11.3 Å². The van der Waals surface area contributed by atoms with Crippen LogP contribution in [0.5, 0.6) is 0 Å². The van der Waals surface area contributed by atoms with Gasteiger partial charge in [0.1, 0.15) is 0 Å². The summed E-state index contributed by atoms with van der Waals surface area (Å²) in [5, 5.41) is 4.61. The number of hydrogen-bond acceptors (Lipinski definition) is 3. The third-order valence-corrected chi connectivity index (χ3v) is 3.32. The van der Waals surface area contributed by atoms with Crippen molar-refractivity contribution in [3.63, 3.8) is 0 Å². The van der Waals surface area contributed by atoms with E-state index in [4.69, 9.17) is 5.73 Å². The summed E-state index contributed by atoms with van der Waals surface area (Å²) in [6.45, 7) is 8.90. The molecule has 2 N–H and O–H groups in total. The number of hydrogen-bond donors (Lipinski definition) is 1. The molecule has 0 radical (unpaired) electrons. The summed E-state index contributed by atoms with van der Waals surface area (Å²) in [6.07, 6.45) is 0.874. The van der Waals surface area contributed by atoms with Crippen LogP contribution in [0.2, 0.25) is 0 Å². The fourth-order valence-corrected chi connectivity index (χ4v) is 2.35. The van der Waals surface area contributed by atoms with Gasteiger partial charge in [0.05, 0.1) is 17.9 Å². The Labute approximate surface area is 114 Å². The third kappa shape index (κ3) is 3.20. The number of aryl methyl sites for hydroxylation is 2. The van der Waals surface area contributed by atoms with Gasteiger partial charge in [0.25, 0.3) is 0 Å². The van der Waals surface area contributed by atoms with Gasteiger partial charge in [-0.25, -0.2) is 0 Å². The average Bonchev–Trinajstić information content (AvgIpc) is 2.57. The van der Waals surface area contributed by atoms with E-state index in [1.54, 1.807) is 0 Å². The van der Waals surface area contributed by atoms with Gasteiger partial charge in [-0.05, 0) is 51.8 Å². The van der Waals surface area contributed by atoms with E-state index < -0.39 is 0 Å². The number of aromatic nitrogens is 3. The van der Waals surface area contributed by atoms with Crippen molar-refractivity contribution < 1.29 is 0 Å². The highest BCUT2D eigenvalue weighted by Gasteiger charge is 2.13. The normalized spacial score (nSPS) is 12.7. The molecule has 1 unspecified atom stereocenters. The van der Waals surface area contributed by atoms with Gasteiger partial charge in [0, 0.05) is 17.4 Å². The van der Waals surface area contributed by atoms with E-state index in [-0.39, 0.29) is 6.04 Å². The molecule has 0 fully saturated rings. The molecule has 19 heavy (non-hydrogen) atoms. The Morgan fingerprint density at radius 2 is 2.00 bits per heavy atom. The van der Waals surface area contributed by atoms with Crippen molar-refractivity contribution >= 4 is 0 Å². The predicted molar refractivity (Wildman–Crippen MR) is 77.1 cm³/mol. The molecule has 0 aromatic carbocycles. The maximum absolute atomic E-state index is 5.89. The van der Waals surface area contributed by atoms with Crippen molar-refractivity contribution in [3.8, 4) is 0 Å². The van der Waals surface area contributed by atoms with E-state index in [0.29, 0.717) is 6.54 Å². The van der Waals surface area contributed by atoms with Crippen LogP contribution in [0, 0.1) is 20.8 Å². The van der Waals surface area contributed by atoms with Crippen LogP contribution in [0.25, 0.3) is 0 Å². The standard InChI is InChI=1S/C15H22N4/c1-10(16)8-15-12(3)18-19(13(15)4)9-14-7-5-6-11(2)17-14/h5-7,10H,8-9,16H2,1-4H3. The highest BCUT2D eigenvalue weighted by atomic mass is 15.3. The van der Waals surface area contributed by atoms with Gasteiger partial charge < -0.3 is 5.73 Å². The largest absolute Gasteiger partial charge is 0.328 e. The zero-order valence-electron chi connectivity index (χ0n) is 12.1. The zero-order chi connectivity index (χ0) is 14.0. The number of rotatable bonds is 4. The number of nitrogens with zero attached hydrogens (tertiary/aromatic N) is 3. The Morgan fingerprint density at radius 1 is 1.26 bits per heavy atom. The molecule has 0 saturated carbocycles. The minimum Gasteiger partial charge on any atom is -0.328 e. The average molecular weight is 258 g/mol. The lowest BCUT2D eigenvalue weighted by Gasteiger charge is -2.07. The maximum atomic E-state index is 5.89. The van der Waals surface area contributed by atoms with Gasteiger partial charge in [-0.2, -0.15) is 5.10 Å². The van der Waals surface area contributed by atoms with Crippen LogP contribution in [0.15, 0.2) is 18.2 Å². The highest BCUT2D eigenvalue weighted by molar-refractivity contribution is 5.26. The van der Waals surface area contributed by atoms with Gasteiger partial charge in [-0.15, -0.1) is 0 Å². The first-order valence-corrected chi connectivity index (χ1v) is 6.68. The minimum atomic E-state index is 0.159. The monoisotopic (exact) mass is 258 g/mol. The molecular weight excluding hydrogens is 236 g/mol. The number of nitrogens with two attached hydrogens (primary N) is 1. The highest BCUT2D eigenvalue weighted by Crippen LogP contribution is 2.16. The quantitative estimate of drug-likeness (QED) is 0.914. The Balaban J connectivity index is 2.26. The zero-order valence-corrected chi connectivity index (χ0v) is 12.1. The summed E-state index contributed by atoms with van der Waals surface area (Å²) < 4.78 is 2.02. The van der Waals surface area contributed by atoms with E-state index in [1.807, 2.05) is 43.7 Å².